The Balaban J connectivity index is 1.92. The van der Waals surface area contributed by atoms with Crippen molar-refractivity contribution in [1.29, 1.82) is 0 Å². The van der Waals surface area contributed by atoms with E-state index in [1.54, 1.807) is 24.3 Å². The number of aromatic hydroxyl groups is 2. The Hall–Kier alpha value is -3.28. The highest BCUT2D eigenvalue weighted by atomic mass is 16.3. The lowest BCUT2D eigenvalue weighted by Crippen LogP contribution is -1.97. The summed E-state index contributed by atoms with van der Waals surface area (Å²) in [7, 11) is 0. The van der Waals surface area contributed by atoms with Gasteiger partial charge in [0.2, 0.25) is 0 Å². The number of hydrogen-bond donors (Lipinski definition) is 2. The van der Waals surface area contributed by atoms with Crippen LogP contribution in [0.3, 0.4) is 0 Å². The van der Waals surface area contributed by atoms with E-state index in [-0.39, 0.29) is 29.0 Å². The molecule has 2 amide bonds. The van der Waals surface area contributed by atoms with Crippen molar-refractivity contribution in [1.82, 2.24) is 0 Å². The molecule has 0 aliphatic rings. The molecule has 0 atom stereocenters. The second-order valence-corrected chi connectivity index (χ2v) is 4.50. The van der Waals surface area contributed by atoms with Crippen molar-refractivity contribution in [2.45, 2.75) is 6.42 Å². The van der Waals surface area contributed by atoms with Crippen LogP contribution in [-0.2, 0) is 0 Å². The Morgan fingerprint density at radius 2 is 1.17 bits per heavy atom. The van der Waals surface area contributed by atoms with Crippen molar-refractivity contribution >= 4 is 24.2 Å². The van der Waals surface area contributed by atoms with Gasteiger partial charge in [0.05, 0.1) is 11.1 Å². The first-order valence-corrected chi connectivity index (χ1v) is 6.79. The molecule has 0 aliphatic heterocycles. The Morgan fingerprint density at radius 3 is 1.57 bits per heavy atom. The van der Waals surface area contributed by atoms with Gasteiger partial charge in [-0.3, -0.25) is 9.59 Å². The van der Waals surface area contributed by atoms with Gasteiger partial charge in [0.1, 0.15) is 11.5 Å². The zero-order valence-corrected chi connectivity index (χ0v) is 12.1. The predicted octanol–water partition coefficient (Wildman–Crippen LogP) is 2.61. The predicted molar refractivity (Wildman–Crippen MR) is 86.5 cm³/mol. The minimum atomic E-state index is -0.580. The van der Waals surface area contributed by atoms with E-state index in [0.717, 1.165) is 0 Å². The van der Waals surface area contributed by atoms with E-state index in [9.17, 15) is 19.8 Å². The molecule has 0 heterocycles. The van der Waals surface area contributed by atoms with Gasteiger partial charge in [-0.15, -0.1) is 0 Å². The van der Waals surface area contributed by atoms with Crippen molar-refractivity contribution in [3.8, 4) is 11.5 Å². The van der Waals surface area contributed by atoms with Crippen LogP contribution in [0.4, 0.5) is 0 Å². The highest BCUT2D eigenvalue weighted by Crippen LogP contribution is 2.17. The van der Waals surface area contributed by atoms with E-state index in [0.29, 0.717) is 0 Å². The second kappa shape index (κ2) is 7.65. The molecule has 116 valence electrons. The monoisotopic (exact) mass is 310 g/mol. The van der Waals surface area contributed by atoms with Gasteiger partial charge >= 0.3 is 0 Å². The number of phenolic OH excluding ortho intramolecular Hbond substituents is 2. The largest absolute Gasteiger partial charge is 0.507 e. The van der Waals surface area contributed by atoms with E-state index in [1.165, 1.54) is 36.7 Å². The lowest BCUT2D eigenvalue weighted by molar-refractivity contribution is 0.0992. The summed E-state index contributed by atoms with van der Waals surface area (Å²) in [6.07, 6.45) is 2.74. The van der Waals surface area contributed by atoms with Crippen LogP contribution in [0.25, 0.3) is 0 Å². The van der Waals surface area contributed by atoms with Crippen LogP contribution in [-0.4, -0.2) is 34.5 Å². The molecule has 0 aromatic heterocycles. The van der Waals surface area contributed by atoms with Crippen molar-refractivity contribution in [3.05, 3.63) is 59.7 Å². The number of carbonyl (C=O) groups is 2. The quantitative estimate of drug-likeness (QED) is 0.848. The highest BCUT2D eigenvalue weighted by Gasteiger charge is 2.08. The minimum Gasteiger partial charge on any atom is -0.507 e. The van der Waals surface area contributed by atoms with Crippen LogP contribution in [0.1, 0.15) is 27.1 Å². The number of aliphatic imine (C=N–C) groups is 2. The summed E-state index contributed by atoms with van der Waals surface area (Å²) in [5.41, 5.74) is 0.206. The maximum Gasteiger partial charge on any atom is 0.280 e. The molecule has 2 rings (SSSR count). The minimum absolute atomic E-state index is 0.103. The first-order valence-electron chi connectivity index (χ1n) is 6.79. The van der Waals surface area contributed by atoms with Crippen LogP contribution in [0, 0.1) is 0 Å². The third-order valence-electron chi connectivity index (χ3n) is 2.90. The number of para-hydroxylation sites is 2. The maximum atomic E-state index is 11.7. The van der Waals surface area contributed by atoms with Gasteiger partial charge in [-0.1, -0.05) is 24.3 Å². The van der Waals surface area contributed by atoms with Crippen molar-refractivity contribution < 1.29 is 19.8 Å². The van der Waals surface area contributed by atoms with Crippen molar-refractivity contribution in [2.24, 2.45) is 9.98 Å². The standard InChI is InChI=1S/C17H14N2O4/c20-14-8-3-1-6-12(14)16(22)18-10-5-11-19-17(23)13-7-2-4-9-15(13)21/h1-4,6-11,20-21H,5H2. The summed E-state index contributed by atoms with van der Waals surface area (Å²) in [5, 5.41) is 19.0. The average molecular weight is 310 g/mol. The molecule has 2 N–H and O–H groups in total. The van der Waals surface area contributed by atoms with Crippen LogP contribution in [0.5, 0.6) is 11.5 Å². The average Bonchev–Trinajstić information content (AvgIpc) is 2.55. The molecule has 0 saturated carbocycles. The molecule has 6 nitrogen and oxygen atoms in total. The lowest BCUT2D eigenvalue weighted by Gasteiger charge is -1.98. The molecule has 0 spiro atoms. The number of amides is 2. The molecular formula is C17H14N2O4. The first kappa shape index (κ1) is 16.1. The molecule has 23 heavy (non-hydrogen) atoms. The van der Waals surface area contributed by atoms with Crippen molar-refractivity contribution in [3.63, 3.8) is 0 Å². The third kappa shape index (κ3) is 4.34. The zero-order valence-electron chi connectivity index (χ0n) is 12.1. The number of nitrogens with zero attached hydrogens (tertiary/aromatic N) is 2. The fourth-order valence-corrected chi connectivity index (χ4v) is 1.77. The zero-order chi connectivity index (χ0) is 16.7. The summed E-state index contributed by atoms with van der Waals surface area (Å²) < 4.78 is 0. The van der Waals surface area contributed by atoms with Crippen LogP contribution in [0.2, 0.25) is 0 Å². The van der Waals surface area contributed by atoms with Crippen LogP contribution < -0.4 is 0 Å². The van der Waals surface area contributed by atoms with E-state index >= 15 is 0 Å². The number of carbonyl (C=O) groups excluding carboxylic acids is 2. The Kier molecular flexibility index (Phi) is 5.35. The van der Waals surface area contributed by atoms with Gasteiger partial charge in [-0.05, 0) is 24.3 Å². The Bertz CT molecular complexity index is 716. The lowest BCUT2D eigenvalue weighted by atomic mass is 10.2. The molecule has 0 bridgehead atoms. The third-order valence-corrected chi connectivity index (χ3v) is 2.90. The number of rotatable bonds is 4. The van der Waals surface area contributed by atoms with Gasteiger partial charge in [-0.25, -0.2) is 9.98 Å². The molecule has 0 fully saturated rings. The SMILES string of the molecule is O=C(N=CCC=NC(=O)c1ccccc1O)c1ccccc1O. The van der Waals surface area contributed by atoms with Gasteiger partial charge in [0.25, 0.3) is 11.8 Å². The number of hydrogen-bond acceptors (Lipinski definition) is 4. The summed E-state index contributed by atoms with van der Waals surface area (Å²) in [5.74, 6) is -1.44. The summed E-state index contributed by atoms with van der Waals surface area (Å²) >= 11 is 0. The number of phenols is 2. The van der Waals surface area contributed by atoms with Gasteiger partial charge in [0, 0.05) is 18.9 Å². The summed E-state index contributed by atoms with van der Waals surface area (Å²) in [4.78, 5) is 30.8. The van der Waals surface area contributed by atoms with Crippen LogP contribution in [0.15, 0.2) is 58.5 Å². The molecule has 0 radical (unpaired) electrons. The number of benzene rings is 2. The van der Waals surface area contributed by atoms with Gasteiger partial charge < -0.3 is 10.2 Å². The normalized spacial score (nSPS) is 11.1. The smallest absolute Gasteiger partial charge is 0.280 e. The van der Waals surface area contributed by atoms with Crippen LogP contribution >= 0.6 is 0 Å². The second-order valence-electron chi connectivity index (χ2n) is 4.50. The van der Waals surface area contributed by atoms with Gasteiger partial charge in [0.15, 0.2) is 0 Å². The molecule has 0 saturated heterocycles. The molecule has 6 heteroatoms. The molecular weight excluding hydrogens is 296 g/mol. The molecule has 0 aliphatic carbocycles. The van der Waals surface area contributed by atoms with Crippen molar-refractivity contribution in [2.75, 3.05) is 0 Å². The topological polar surface area (TPSA) is 99.3 Å². The Morgan fingerprint density at radius 1 is 0.783 bits per heavy atom. The fraction of sp³-hybridized carbons (Fsp3) is 0.0588. The Labute approximate surface area is 132 Å². The fourth-order valence-electron chi connectivity index (χ4n) is 1.77. The molecule has 2 aromatic carbocycles. The maximum absolute atomic E-state index is 11.7. The molecule has 2 aromatic rings. The highest BCUT2D eigenvalue weighted by molar-refractivity contribution is 6.04. The van der Waals surface area contributed by atoms with E-state index in [4.69, 9.17) is 0 Å². The van der Waals surface area contributed by atoms with E-state index in [1.807, 2.05) is 0 Å². The summed E-state index contributed by atoms with van der Waals surface area (Å²) in [6.45, 7) is 0. The summed E-state index contributed by atoms with van der Waals surface area (Å²) in [6, 6.07) is 12.2. The first-order chi connectivity index (χ1) is 11.1. The van der Waals surface area contributed by atoms with E-state index < -0.39 is 11.8 Å². The van der Waals surface area contributed by atoms with Gasteiger partial charge in [-0.2, -0.15) is 0 Å². The molecule has 0 unspecified atom stereocenters. The van der Waals surface area contributed by atoms with E-state index in [2.05, 4.69) is 9.98 Å².